The van der Waals surface area contributed by atoms with E-state index in [1.54, 1.807) is 31.2 Å². The minimum Gasteiger partial charge on any atom is -0.494 e. The minimum absolute atomic E-state index is 0.00668. The molecular weight excluding hydrogens is 368 g/mol. The number of nitrogens with zero attached hydrogens (tertiary/aromatic N) is 2. The lowest BCUT2D eigenvalue weighted by Gasteiger charge is -2.37. The lowest BCUT2D eigenvalue weighted by atomic mass is 10.0. The van der Waals surface area contributed by atoms with Crippen molar-refractivity contribution in [3.63, 3.8) is 0 Å². The summed E-state index contributed by atoms with van der Waals surface area (Å²) in [6.45, 7) is 6.05. The third-order valence-corrected chi connectivity index (χ3v) is 7.12. The van der Waals surface area contributed by atoms with Gasteiger partial charge in [0.1, 0.15) is 5.75 Å². The van der Waals surface area contributed by atoms with Gasteiger partial charge in [-0.05, 0) is 50.5 Å². The van der Waals surface area contributed by atoms with E-state index >= 15 is 0 Å². The number of hydrogen-bond donors (Lipinski definition) is 0. The van der Waals surface area contributed by atoms with Gasteiger partial charge in [0, 0.05) is 45.3 Å². The first-order valence-electron chi connectivity index (χ1n) is 9.53. The first kappa shape index (κ1) is 20.1. The Kier molecular flexibility index (Phi) is 6.39. The highest BCUT2D eigenvalue weighted by Gasteiger charge is 2.38. The Hall–Kier alpha value is -1.64. The summed E-state index contributed by atoms with van der Waals surface area (Å²) in [5, 5.41) is 0. The molecule has 2 heterocycles. The molecule has 27 heavy (non-hydrogen) atoms. The molecular formula is C19H28N2O5S. The molecule has 0 spiro atoms. The minimum atomic E-state index is -3.58. The topological polar surface area (TPSA) is 76.2 Å². The highest BCUT2D eigenvalue weighted by molar-refractivity contribution is 7.89. The lowest BCUT2D eigenvalue weighted by Crippen LogP contribution is -2.49. The Morgan fingerprint density at radius 3 is 2.44 bits per heavy atom. The zero-order chi connectivity index (χ0) is 19.4. The fraction of sp³-hybridized carbons (Fsp3) is 0.632. The molecule has 0 aromatic heterocycles. The Balaban J connectivity index is 1.72. The molecule has 2 fully saturated rings. The van der Waals surface area contributed by atoms with Crippen molar-refractivity contribution in [1.29, 1.82) is 0 Å². The van der Waals surface area contributed by atoms with E-state index in [1.807, 2.05) is 11.8 Å². The standard InChI is InChI=1S/C19H28N2O5S/c1-3-26-18-4-6-19(7-5-18)27(23,24)20-11-8-17(14-20)21(15(2)22)16-9-12-25-13-10-16/h4-7,16-17H,3,8-14H2,1-2H3. The molecule has 0 radical (unpaired) electrons. The monoisotopic (exact) mass is 396 g/mol. The molecule has 0 N–H and O–H groups in total. The summed E-state index contributed by atoms with van der Waals surface area (Å²) in [7, 11) is -3.58. The summed E-state index contributed by atoms with van der Waals surface area (Å²) < 4.78 is 38.2. The van der Waals surface area contributed by atoms with Gasteiger partial charge >= 0.3 is 0 Å². The summed E-state index contributed by atoms with van der Waals surface area (Å²) in [6, 6.07) is 6.56. The van der Waals surface area contributed by atoms with Gasteiger partial charge in [-0.3, -0.25) is 4.79 Å². The van der Waals surface area contributed by atoms with Gasteiger partial charge in [-0.2, -0.15) is 4.31 Å². The quantitative estimate of drug-likeness (QED) is 0.734. The Labute approximate surface area is 161 Å². The maximum atomic E-state index is 13.0. The maximum absolute atomic E-state index is 13.0. The number of carbonyl (C=O) groups excluding carboxylic acids is 1. The fourth-order valence-electron chi connectivity index (χ4n) is 3.96. The summed E-state index contributed by atoms with van der Waals surface area (Å²) in [5.41, 5.74) is 0. The van der Waals surface area contributed by atoms with Crippen LogP contribution in [0.1, 0.15) is 33.1 Å². The molecule has 1 atom stereocenters. The van der Waals surface area contributed by atoms with Gasteiger partial charge in [0.15, 0.2) is 0 Å². The van der Waals surface area contributed by atoms with E-state index in [9.17, 15) is 13.2 Å². The van der Waals surface area contributed by atoms with Crippen molar-refractivity contribution < 1.29 is 22.7 Å². The molecule has 2 aliphatic rings. The number of rotatable bonds is 6. The van der Waals surface area contributed by atoms with Crippen LogP contribution in [-0.2, 0) is 19.6 Å². The van der Waals surface area contributed by atoms with Crippen LogP contribution < -0.4 is 4.74 Å². The Morgan fingerprint density at radius 2 is 1.85 bits per heavy atom. The van der Waals surface area contributed by atoms with Crippen LogP contribution in [0.25, 0.3) is 0 Å². The zero-order valence-electron chi connectivity index (χ0n) is 16.0. The van der Waals surface area contributed by atoms with Crippen LogP contribution in [0.2, 0.25) is 0 Å². The highest BCUT2D eigenvalue weighted by Crippen LogP contribution is 2.28. The second-order valence-electron chi connectivity index (χ2n) is 6.98. The number of hydrogen-bond acceptors (Lipinski definition) is 5. The van der Waals surface area contributed by atoms with Crippen LogP contribution >= 0.6 is 0 Å². The second kappa shape index (κ2) is 8.58. The van der Waals surface area contributed by atoms with Crippen molar-refractivity contribution in [2.24, 2.45) is 0 Å². The van der Waals surface area contributed by atoms with Gasteiger partial charge < -0.3 is 14.4 Å². The normalized spacial score (nSPS) is 21.9. The van der Waals surface area contributed by atoms with E-state index in [4.69, 9.17) is 9.47 Å². The van der Waals surface area contributed by atoms with Gasteiger partial charge in [0.25, 0.3) is 0 Å². The van der Waals surface area contributed by atoms with Gasteiger partial charge in [0.05, 0.1) is 11.5 Å². The Morgan fingerprint density at radius 1 is 1.19 bits per heavy atom. The van der Waals surface area contributed by atoms with E-state index < -0.39 is 10.0 Å². The number of benzene rings is 1. The second-order valence-corrected chi connectivity index (χ2v) is 8.92. The van der Waals surface area contributed by atoms with Crippen LogP contribution in [0.4, 0.5) is 0 Å². The number of ether oxygens (including phenoxy) is 2. The summed E-state index contributed by atoms with van der Waals surface area (Å²) >= 11 is 0. The Bertz CT molecular complexity index is 744. The molecule has 8 heteroatoms. The molecule has 1 amide bonds. The molecule has 1 aromatic carbocycles. The van der Waals surface area contributed by atoms with Gasteiger partial charge in [0.2, 0.25) is 15.9 Å². The van der Waals surface area contributed by atoms with E-state index in [0.717, 1.165) is 12.8 Å². The summed E-state index contributed by atoms with van der Waals surface area (Å²) in [5.74, 6) is 0.658. The van der Waals surface area contributed by atoms with E-state index in [1.165, 1.54) is 4.31 Å². The largest absolute Gasteiger partial charge is 0.494 e. The van der Waals surface area contributed by atoms with Crippen LogP contribution in [0, 0.1) is 0 Å². The molecule has 2 aliphatic heterocycles. The summed E-state index contributed by atoms with van der Waals surface area (Å²) in [4.78, 5) is 14.4. The molecule has 2 saturated heterocycles. The molecule has 3 rings (SSSR count). The van der Waals surface area contributed by atoms with Crippen molar-refractivity contribution >= 4 is 15.9 Å². The number of sulfonamides is 1. The smallest absolute Gasteiger partial charge is 0.243 e. The first-order valence-corrected chi connectivity index (χ1v) is 11.0. The molecule has 0 aliphatic carbocycles. The predicted octanol–water partition coefficient (Wildman–Crippen LogP) is 1.88. The predicted molar refractivity (Wildman–Crippen MR) is 101 cm³/mol. The average molecular weight is 397 g/mol. The molecule has 7 nitrogen and oxygen atoms in total. The maximum Gasteiger partial charge on any atom is 0.243 e. The van der Waals surface area contributed by atoms with Crippen molar-refractivity contribution in [3.8, 4) is 5.75 Å². The van der Waals surface area contributed by atoms with Crippen molar-refractivity contribution in [2.75, 3.05) is 32.9 Å². The van der Waals surface area contributed by atoms with Crippen LogP contribution in [0.3, 0.4) is 0 Å². The molecule has 1 aromatic rings. The zero-order valence-corrected chi connectivity index (χ0v) is 16.8. The van der Waals surface area contributed by atoms with Crippen molar-refractivity contribution in [2.45, 2.75) is 50.1 Å². The molecule has 1 unspecified atom stereocenters. The molecule has 0 bridgehead atoms. The van der Waals surface area contributed by atoms with E-state index in [2.05, 4.69) is 0 Å². The van der Waals surface area contributed by atoms with Crippen molar-refractivity contribution in [3.05, 3.63) is 24.3 Å². The van der Waals surface area contributed by atoms with Gasteiger partial charge in [-0.15, -0.1) is 0 Å². The highest BCUT2D eigenvalue weighted by atomic mass is 32.2. The van der Waals surface area contributed by atoms with Crippen LogP contribution in [0.15, 0.2) is 29.2 Å². The van der Waals surface area contributed by atoms with Gasteiger partial charge in [-0.1, -0.05) is 0 Å². The molecule has 0 saturated carbocycles. The third kappa shape index (κ3) is 4.44. The van der Waals surface area contributed by atoms with Crippen LogP contribution in [0.5, 0.6) is 5.75 Å². The third-order valence-electron chi connectivity index (χ3n) is 5.24. The van der Waals surface area contributed by atoms with E-state index in [0.29, 0.717) is 45.1 Å². The van der Waals surface area contributed by atoms with Gasteiger partial charge in [-0.25, -0.2) is 8.42 Å². The fourth-order valence-corrected chi connectivity index (χ4v) is 5.45. The van der Waals surface area contributed by atoms with E-state index in [-0.39, 0.29) is 22.9 Å². The number of amides is 1. The summed E-state index contributed by atoms with van der Waals surface area (Å²) in [6.07, 6.45) is 2.27. The van der Waals surface area contributed by atoms with Crippen LogP contribution in [-0.4, -0.2) is 68.5 Å². The molecule has 150 valence electrons. The SMILES string of the molecule is CCOc1ccc(S(=O)(=O)N2CCC(N(C(C)=O)C3CCOCC3)C2)cc1. The average Bonchev–Trinajstić information content (AvgIpc) is 3.14. The first-order chi connectivity index (χ1) is 12.9. The van der Waals surface area contributed by atoms with Crippen molar-refractivity contribution in [1.82, 2.24) is 9.21 Å². The number of carbonyl (C=O) groups is 1. The lowest BCUT2D eigenvalue weighted by molar-refractivity contribution is -0.135.